The van der Waals surface area contributed by atoms with Crippen LogP contribution in [-0.4, -0.2) is 35.1 Å². The number of aliphatic carboxylic acids is 1. The molecule has 0 saturated heterocycles. The van der Waals surface area contributed by atoms with Crippen LogP contribution in [0.4, 0.5) is 0 Å². The van der Waals surface area contributed by atoms with Crippen molar-refractivity contribution < 1.29 is 9.90 Å². The Balaban J connectivity index is 4.12. The Morgan fingerprint density at radius 3 is 2.29 bits per heavy atom. The molecule has 1 unspecified atom stereocenters. The van der Waals surface area contributed by atoms with Gasteiger partial charge in [0, 0.05) is 11.6 Å². The lowest BCUT2D eigenvalue weighted by Crippen LogP contribution is -2.32. The zero-order valence-electron chi connectivity index (χ0n) is 9.58. The van der Waals surface area contributed by atoms with Crippen LogP contribution in [0.25, 0.3) is 0 Å². The Kier molecular flexibility index (Phi) is 6.21. The highest BCUT2D eigenvalue weighted by Gasteiger charge is 2.08. The van der Waals surface area contributed by atoms with Crippen molar-refractivity contribution in [2.24, 2.45) is 0 Å². The van der Waals surface area contributed by atoms with Gasteiger partial charge in [-0.1, -0.05) is 19.9 Å². The lowest BCUT2D eigenvalue weighted by atomic mass is 10.1. The van der Waals surface area contributed by atoms with Crippen LogP contribution in [0, 0.1) is 0 Å². The normalized spacial score (nSPS) is 14.5. The fraction of sp³-hybridized carbons (Fsp3) is 0.727. The van der Waals surface area contributed by atoms with Gasteiger partial charge in [0.2, 0.25) is 0 Å². The van der Waals surface area contributed by atoms with Gasteiger partial charge in [0.15, 0.2) is 0 Å². The summed E-state index contributed by atoms with van der Waals surface area (Å²) in [5.41, 5.74) is 0.434. The molecule has 0 spiro atoms. The zero-order chi connectivity index (χ0) is 11.1. The van der Waals surface area contributed by atoms with Crippen molar-refractivity contribution in [3.8, 4) is 0 Å². The van der Waals surface area contributed by atoms with E-state index in [4.69, 9.17) is 5.11 Å². The molecule has 0 saturated carbocycles. The topological polar surface area (TPSA) is 40.5 Å². The van der Waals surface area contributed by atoms with Gasteiger partial charge >= 0.3 is 5.97 Å². The summed E-state index contributed by atoms with van der Waals surface area (Å²) in [5.74, 6) is -0.822. The first-order chi connectivity index (χ1) is 6.52. The molecule has 0 aromatic carbocycles. The Morgan fingerprint density at radius 2 is 1.93 bits per heavy atom. The van der Waals surface area contributed by atoms with E-state index in [9.17, 15) is 4.79 Å². The minimum absolute atomic E-state index is 0.416. The van der Waals surface area contributed by atoms with E-state index >= 15 is 0 Å². The molecule has 0 heterocycles. The van der Waals surface area contributed by atoms with Crippen molar-refractivity contribution in [2.75, 3.05) is 13.1 Å². The van der Waals surface area contributed by atoms with Crippen LogP contribution in [-0.2, 0) is 4.79 Å². The van der Waals surface area contributed by atoms with Gasteiger partial charge in [-0.3, -0.25) is 0 Å². The Bertz CT molecular complexity index is 207. The Hall–Kier alpha value is -0.830. The van der Waals surface area contributed by atoms with E-state index in [-0.39, 0.29) is 0 Å². The predicted octanol–water partition coefficient (Wildman–Crippen LogP) is 2.14. The highest BCUT2D eigenvalue weighted by molar-refractivity contribution is 5.85. The third-order valence-electron chi connectivity index (χ3n) is 2.54. The summed E-state index contributed by atoms with van der Waals surface area (Å²) in [7, 11) is 0. The molecular weight excluding hydrogens is 178 g/mol. The third kappa shape index (κ3) is 4.42. The van der Waals surface area contributed by atoms with E-state index < -0.39 is 5.97 Å². The van der Waals surface area contributed by atoms with E-state index in [2.05, 4.69) is 25.7 Å². The van der Waals surface area contributed by atoms with Crippen LogP contribution < -0.4 is 0 Å². The number of nitrogens with zero attached hydrogens (tertiary/aromatic N) is 1. The van der Waals surface area contributed by atoms with E-state index in [1.165, 1.54) is 0 Å². The molecule has 0 amide bonds. The quantitative estimate of drug-likeness (QED) is 0.666. The second kappa shape index (κ2) is 6.60. The number of rotatable bonds is 6. The first kappa shape index (κ1) is 13.2. The van der Waals surface area contributed by atoms with Crippen molar-refractivity contribution in [2.45, 2.75) is 40.2 Å². The van der Waals surface area contributed by atoms with Crippen molar-refractivity contribution in [1.29, 1.82) is 0 Å². The van der Waals surface area contributed by atoms with E-state index in [0.29, 0.717) is 11.6 Å². The first-order valence-corrected chi connectivity index (χ1v) is 5.17. The highest BCUT2D eigenvalue weighted by atomic mass is 16.4. The van der Waals surface area contributed by atoms with Crippen LogP contribution in [0.15, 0.2) is 11.6 Å². The molecule has 0 aromatic rings. The van der Waals surface area contributed by atoms with Crippen LogP contribution in [0.5, 0.6) is 0 Å². The molecule has 0 aromatic heterocycles. The van der Waals surface area contributed by atoms with Crippen LogP contribution >= 0.6 is 0 Å². The molecule has 0 rings (SSSR count). The molecule has 0 aliphatic heterocycles. The Morgan fingerprint density at radius 1 is 1.43 bits per heavy atom. The molecule has 1 atom stereocenters. The average molecular weight is 199 g/mol. The fourth-order valence-electron chi connectivity index (χ4n) is 1.43. The molecule has 0 aliphatic carbocycles. The summed E-state index contributed by atoms with van der Waals surface area (Å²) in [5, 5.41) is 8.67. The maximum absolute atomic E-state index is 10.5. The van der Waals surface area contributed by atoms with Crippen molar-refractivity contribution >= 4 is 5.97 Å². The largest absolute Gasteiger partial charge is 0.478 e. The minimum atomic E-state index is -0.822. The summed E-state index contributed by atoms with van der Waals surface area (Å²) in [6, 6.07) is 0.416. The minimum Gasteiger partial charge on any atom is -0.478 e. The lowest BCUT2D eigenvalue weighted by Gasteiger charge is -2.25. The average Bonchev–Trinajstić information content (AvgIpc) is 2.15. The zero-order valence-corrected chi connectivity index (χ0v) is 9.58. The predicted molar refractivity (Wildman–Crippen MR) is 58.4 cm³/mol. The van der Waals surface area contributed by atoms with E-state index in [1.807, 2.05) is 0 Å². The first-order valence-electron chi connectivity index (χ1n) is 5.17. The number of hydrogen-bond acceptors (Lipinski definition) is 2. The maximum atomic E-state index is 10.5. The van der Waals surface area contributed by atoms with Gasteiger partial charge in [0.1, 0.15) is 0 Å². The van der Waals surface area contributed by atoms with Gasteiger partial charge in [-0.2, -0.15) is 0 Å². The SMILES string of the molecule is CCN(CC)C(C)CC=C(C)C(=O)O. The molecule has 0 fully saturated rings. The van der Waals surface area contributed by atoms with E-state index in [1.54, 1.807) is 13.0 Å². The van der Waals surface area contributed by atoms with Crippen molar-refractivity contribution in [3.63, 3.8) is 0 Å². The molecule has 0 aliphatic rings. The van der Waals surface area contributed by atoms with Crippen LogP contribution in [0.1, 0.15) is 34.1 Å². The summed E-state index contributed by atoms with van der Waals surface area (Å²) in [6.07, 6.45) is 2.60. The van der Waals surface area contributed by atoms with E-state index in [0.717, 1.165) is 19.5 Å². The van der Waals surface area contributed by atoms with Crippen molar-refractivity contribution in [3.05, 3.63) is 11.6 Å². The molecule has 82 valence electrons. The molecule has 14 heavy (non-hydrogen) atoms. The molecule has 0 radical (unpaired) electrons. The number of hydrogen-bond donors (Lipinski definition) is 1. The molecule has 3 nitrogen and oxygen atoms in total. The third-order valence-corrected chi connectivity index (χ3v) is 2.54. The second-order valence-corrected chi connectivity index (χ2v) is 3.50. The second-order valence-electron chi connectivity index (χ2n) is 3.50. The smallest absolute Gasteiger partial charge is 0.330 e. The summed E-state index contributed by atoms with van der Waals surface area (Å²) < 4.78 is 0. The Labute approximate surface area is 86.4 Å². The number of carboxylic acids is 1. The maximum Gasteiger partial charge on any atom is 0.330 e. The lowest BCUT2D eigenvalue weighted by molar-refractivity contribution is -0.132. The van der Waals surface area contributed by atoms with Gasteiger partial charge < -0.3 is 10.0 Å². The van der Waals surface area contributed by atoms with Crippen LogP contribution in [0.3, 0.4) is 0 Å². The van der Waals surface area contributed by atoms with Gasteiger partial charge in [-0.25, -0.2) is 4.79 Å². The summed E-state index contributed by atoms with van der Waals surface area (Å²) >= 11 is 0. The molecule has 3 heteroatoms. The standard InChI is InChI=1S/C11H21NO2/c1-5-12(6-2)10(4)8-7-9(3)11(13)14/h7,10H,5-6,8H2,1-4H3,(H,13,14). The van der Waals surface area contributed by atoms with Gasteiger partial charge in [-0.15, -0.1) is 0 Å². The molecular formula is C11H21NO2. The number of carboxylic acid groups (broad SMARTS) is 1. The summed E-state index contributed by atoms with van der Waals surface area (Å²) in [4.78, 5) is 12.8. The van der Waals surface area contributed by atoms with Gasteiger partial charge in [0.05, 0.1) is 0 Å². The van der Waals surface area contributed by atoms with Gasteiger partial charge in [0.25, 0.3) is 0 Å². The number of carbonyl (C=O) groups is 1. The molecule has 0 bridgehead atoms. The van der Waals surface area contributed by atoms with Gasteiger partial charge in [-0.05, 0) is 33.4 Å². The highest BCUT2D eigenvalue weighted by Crippen LogP contribution is 2.06. The van der Waals surface area contributed by atoms with Crippen LogP contribution in [0.2, 0.25) is 0 Å². The van der Waals surface area contributed by atoms with Crippen molar-refractivity contribution in [1.82, 2.24) is 4.90 Å². The monoisotopic (exact) mass is 199 g/mol. The molecule has 1 N–H and O–H groups in total. The fourth-order valence-corrected chi connectivity index (χ4v) is 1.43. The summed E-state index contributed by atoms with van der Waals surface area (Å²) in [6.45, 7) is 10.0.